The monoisotopic (exact) mass is 788 g/mol. The summed E-state index contributed by atoms with van der Waals surface area (Å²) in [5, 5.41) is 21.4. The largest absolute Gasteiger partial charge is 0.496 e. The third kappa shape index (κ3) is 8.30. The van der Waals surface area contributed by atoms with Crippen LogP contribution in [0.15, 0.2) is 35.7 Å². The molecule has 3 aromatic rings. The van der Waals surface area contributed by atoms with Gasteiger partial charge in [-0.15, -0.1) is 11.3 Å². The molecule has 0 unspecified atom stereocenters. The number of methoxy groups -OCH3 is 1. The number of allylic oxidation sites excluding steroid dienone is 1. The Hall–Kier alpha value is -5.25. The zero-order valence-corrected chi connectivity index (χ0v) is 32.6. The molecule has 0 radical (unpaired) electrons. The number of carboxylic acids is 1. The van der Waals surface area contributed by atoms with Crippen LogP contribution in [0.5, 0.6) is 11.5 Å². The van der Waals surface area contributed by atoms with Crippen molar-refractivity contribution in [2.45, 2.75) is 114 Å². The number of carbonyl (C=O) groups excluding carboxylic acids is 4. The zero-order valence-electron chi connectivity index (χ0n) is 31.8. The Bertz CT molecular complexity index is 2050. The Labute approximate surface area is 328 Å². The number of aryl methyl sites for hydroxylation is 1. The maximum Gasteiger partial charge on any atom is 0.408 e. The topological polar surface area (TPSA) is 198 Å². The third-order valence-corrected chi connectivity index (χ3v) is 12.0. The number of carbonyl (C=O) groups is 5. The van der Waals surface area contributed by atoms with E-state index in [1.807, 2.05) is 31.2 Å². The number of pyridine rings is 1. The lowest BCUT2D eigenvalue weighted by Gasteiger charge is -2.29. The first-order valence-corrected chi connectivity index (χ1v) is 20.2. The van der Waals surface area contributed by atoms with Crippen molar-refractivity contribution in [3.8, 4) is 22.9 Å². The molecule has 2 aliphatic carbocycles. The molecule has 15 nitrogen and oxygen atoms in total. The second-order valence-electron chi connectivity index (χ2n) is 15.1. The highest BCUT2D eigenvalue weighted by molar-refractivity contribution is 7.14. The number of ether oxygens (including phenoxy) is 3. The van der Waals surface area contributed by atoms with Crippen LogP contribution in [0.2, 0.25) is 0 Å². The number of carboxylic acid groups (broad SMARTS) is 1. The Kier molecular flexibility index (Phi) is 11.5. The molecule has 2 saturated carbocycles. The summed E-state index contributed by atoms with van der Waals surface area (Å²) in [4.78, 5) is 77.1. The molecule has 4 amide bonds. The fourth-order valence-electron chi connectivity index (χ4n) is 8.09. The van der Waals surface area contributed by atoms with E-state index in [-0.39, 0.29) is 37.3 Å². The van der Waals surface area contributed by atoms with Crippen molar-refractivity contribution < 1.29 is 43.3 Å². The van der Waals surface area contributed by atoms with Gasteiger partial charge in [0.25, 0.3) is 0 Å². The molecule has 4 aliphatic rings. The summed E-state index contributed by atoms with van der Waals surface area (Å²) in [6, 6.07) is 3.33. The van der Waals surface area contributed by atoms with Gasteiger partial charge in [-0.25, -0.2) is 19.6 Å². The van der Waals surface area contributed by atoms with Crippen LogP contribution in [0.3, 0.4) is 0 Å². The number of aromatic nitrogens is 2. The van der Waals surface area contributed by atoms with Crippen LogP contribution in [0, 0.1) is 12.8 Å². The van der Waals surface area contributed by atoms with E-state index in [4.69, 9.17) is 19.2 Å². The van der Waals surface area contributed by atoms with Crippen molar-refractivity contribution in [1.29, 1.82) is 0 Å². The van der Waals surface area contributed by atoms with Gasteiger partial charge in [-0.05, 0) is 70.4 Å². The molecule has 5 atom stereocenters. The summed E-state index contributed by atoms with van der Waals surface area (Å²) in [6.07, 6.45) is 9.40. The molecule has 2 aliphatic heterocycles. The summed E-state index contributed by atoms with van der Waals surface area (Å²) in [6.45, 7) is 3.28. The SMILES string of the molecule is COc1ccc2c(O[C@@H]3C[C@H]4C(=O)N[C@]5(C(=O)O)C[C@@H]5/C=C\CCCCC[C@@H](NC(=O)OC5CCCC5)C(=O)N4C3)cc(-c3csc(NC(C)=O)n3)nc2c1C. The minimum Gasteiger partial charge on any atom is -0.496 e. The summed E-state index contributed by atoms with van der Waals surface area (Å²) in [5.41, 5.74) is 0.856. The average molecular weight is 789 g/mol. The number of nitrogens with zero attached hydrogens (tertiary/aromatic N) is 3. The first kappa shape index (κ1) is 39.0. The van der Waals surface area contributed by atoms with E-state index in [2.05, 4.69) is 20.9 Å². The van der Waals surface area contributed by atoms with Crippen molar-refractivity contribution in [3.05, 3.63) is 41.3 Å². The molecular weight excluding hydrogens is 741 g/mol. The number of nitrogens with one attached hydrogen (secondary N) is 3. The summed E-state index contributed by atoms with van der Waals surface area (Å²) in [7, 11) is 1.57. The van der Waals surface area contributed by atoms with E-state index in [1.54, 1.807) is 18.6 Å². The number of thiazole rings is 1. The van der Waals surface area contributed by atoms with Crippen LogP contribution in [0.4, 0.5) is 9.93 Å². The molecule has 0 spiro atoms. The lowest BCUT2D eigenvalue weighted by Crippen LogP contribution is -2.56. The van der Waals surface area contributed by atoms with E-state index >= 15 is 0 Å². The smallest absolute Gasteiger partial charge is 0.408 e. The number of benzene rings is 1. The molecule has 2 aromatic heterocycles. The fraction of sp³-hybridized carbons (Fsp3) is 0.525. The number of fused-ring (bicyclic) bond motifs is 3. The Balaban J connectivity index is 1.22. The normalized spacial score (nSPS) is 26.2. The molecule has 1 aromatic carbocycles. The first-order chi connectivity index (χ1) is 26.9. The number of amides is 4. The minimum absolute atomic E-state index is 0.00611. The predicted molar refractivity (Wildman–Crippen MR) is 207 cm³/mol. The first-order valence-electron chi connectivity index (χ1n) is 19.3. The van der Waals surface area contributed by atoms with E-state index in [9.17, 15) is 29.1 Å². The third-order valence-electron chi connectivity index (χ3n) is 11.2. The van der Waals surface area contributed by atoms with Gasteiger partial charge in [-0.3, -0.25) is 14.4 Å². The fourth-order valence-corrected chi connectivity index (χ4v) is 8.84. The van der Waals surface area contributed by atoms with Gasteiger partial charge in [0.2, 0.25) is 17.7 Å². The standard InChI is InChI=1S/C40H48N6O9S/c1-22-32(53-3)16-15-27-33(18-29(42-34(22)27)30-21-56-38(43-30)41-23(2)47)54-26-17-31-35(48)45-40(37(50)51)19-24(40)11-7-5-4-6-8-14-28(36(49)46(31)20-26)44-39(52)55-25-12-9-10-13-25/h7,11,15-16,18,21,24-26,28,31H,4-6,8-10,12-14,17,19-20H2,1-3H3,(H,44,52)(H,45,48)(H,50,51)(H,41,43,47)/b11-7-/t24-,26+,28+,31-,40+/m0/s1. The van der Waals surface area contributed by atoms with Gasteiger partial charge in [0.15, 0.2) is 5.13 Å². The second-order valence-corrected chi connectivity index (χ2v) is 16.0. The number of anilines is 1. The molecule has 0 bridgehead atoms. The van der Waals surface area contributed by atoms with E-state index in [0.29, 0.717) is 51.8 Å². The Morgan fingerprint density at radius 1 is 1.02 bits per heavy atom. The molecular formula is C40H48N6O9S. The highest BCUT2D eigenvalue weighted by atomic mass is 32.1. The van der Waals surface area contributed by atoms with Crippen LogP contribution in [0.1, 0.15) is 83.1 Å². The van der Waals surface area contributed by atoms with Gasteiger partial charge in [0, 0.05) is 41.7 Å². The van der Waals surface area contributed by atoms with Crippen molar-refractivity contribution in [3.63, 3.8) is 0 Å². The lowest BCUT2D eigenvalue weighted by atomic mass is 10.0. The molecule has 4 heterocycles. The second kappa shape index (κ2) is 16.5. The summed E-state index contributed by atoms with van der Waals surface area (Å²) in [5.74, 6) is -1.77. The molecule has 3 fully saturated rings. The molecule has 7 rings (SSSR count). The Morgan fingerprint density at radius 2 is 1.80 bits per heavy atom. The maximum absolute atomic E-state index is 14.6. The number of rotatable bonds is 8. The van der Waals surface area contributed by atoms with Crippen molar-refractivity contribution >= 4 is 57.2 Å². The highest BCUT2D eigenvalue weighted by Crippen LogP contribution is 2.46. The number of hydrogen-bond acceptors (Lipinski definition) is 11. The van der Waals surface area contributed by atoms with Gasteiger partial charge >= 0.3 is 12.1 Å². The summed E-state index contributed by atoms with van der Waals surface area (Å²) < 4.78 is 18.0. The maximum atomic E-state index is 14.6. The van der Waals surface area contributed by atoms with Crippen molar-refractivity contribution in [1.82, 2.24) is 25.5 Å². The molecule has 298 valence electrons. The average Bonchev–Trinajstić information content (AvgIpc) is 3.59. The highest BCUT2D eigenvalue weighted by Gasteiger charge is 2.61. The molecule has 56 heavy (non-hydrogen) atoms. The van der Waals surface area contributed by atoms with Crippen LogP contribution in [0.25, 0.3) is 22.3 Å². The van der Waals surface area contributed by atoms with Gasteiger partial charge < -0.3 is 40.2 Å². The van der Waals surface area contributed by atoms with Gasteiger partial charge in [0.1, 0.15) is 47.0 Å². The van der Waals surface area contributed by atoms with Gasteiger partial charge in [0.05, 0.1) is 24.9 Å². The van der Waals surface area contributed by atoms with Crippen LogP contribution in [-0.2, 0) is 23.9 Å². The molecule has 16 heteroatoms. The van der Waals surface area contributed by atoms with Crippen molar-refractivity contribution in [2.75, 3.05) is 19.0 Å². The number of alkyl carbamates (subject to hydrolysis) is 1. The van der Waals surface area contributed by atoms with E-state index < -0.39 is 47.6 Å². The quantitative estimate of drug-likeness (QED) is 0.210. The van der Waals surface area contributed by atoms with Crippen LogP contribution >= 0.6 is 11.3 Å². The summed E-state index contributed by atoms with van der Waals surface area (Å²) >= 11 is 1.25. The van der Waals surface area contributed by atoms with Crippen molar-refractivity contribution in [2.24, 2.45) is 5.92 Å². The van der Waals surface area contributed by atoms with Crippen LogP contribution < -0.4 is 25.4 Å². The number of hydrogen-bond donors (Lipinski definition) is 4. The van der Waals surface area contributed by atoms with Gasteiger partial charge in [-0.1, -0.05) is 25.0 Å². The lowest BCUT2D eigenvalue weighted by molar-refractivity contribution is -0.145. The molecule has 1 saturated heterocycles. The number of aliphatic carboxylic acids is 1. The Morgan fingerprint density at radius 3 is 2.55 bits per heavy atom. The van der Waals surface area contributed by atoms with Crippen LogP contribution in [-0.4, -0.2) is 93.2 Å². The van der Waals surface area contributed by atoms with Gasteiger partial charge in [-0.2, -0.15) is 0 Å². The van der Waals surface area contributed by atoms with E-state index in [1.165, 1.54) is 23.2 Å². The minimum atomic E-state index is -1.47. The predicted octanol–water partition coefficient (Wildman–Crippen LogP) is 5.50. The zero-order chi connectivity index (χ0) is 39.6. The van der Waals surface area contributed by atoms with E-state index in [0.717, 1.165) is 50.5 Å². The molecule has 4 N–H and O–H groups in total.